The number of aryl methyl sites for hydroxylation is 1. The molecule has 1 rings (SSSR count). The molecule has 1 amide bonds. The highest BCUT2D eigenvalue weighted by molar-refractivity contribution is 6.30. The maximum absolute atomic E-state index is 11.8. The molecule has 0 atom stereocenters. The van der Waals surface area contributed by atoms with Crippen LogP contribution in [0.5, 0.6) is 0 Å². The van der Waals surface area contributed by atoms with Gasteiger partial charge in [0.25, 0.3) is 0 Å². The summed E-state index contributed by atoms with van der Waals surface area (Å²) >= 11 is 5.83. The summed E-state index contributed by atoms with van der Waals surface area (Å²) in [5.41, 5.74) is 1.59. The van der Waals surface area contributed by atoms with E-state index in [-0.39, 0.29) is 31.3 Å². The van der Waals surface area contributed by atoms with Gasteiger partial charge in [0, 0.05) is 17.3 Å². The largest absolute Gasteiger partial charge is 0.481 e. The molecule has 0 fully saturated rings. The minimum Gasteiger partial charge on any atom is -0.481 e. The van der Waals surface area contributed by atoms with Crippen LogP contribution in [-0.2, 0) is 9.59 Å². The number of benzene rings is 1. The first-order valence-electron chi connectivity index (χ1n) is 5.85. The molecule has 0 spiro atoms. The molecule has 0 saturated carbocycles. The van der Waals surface area contributed by atoms with Crippen molar-refractivity contribution >= 4 is 41.6 Å². The second kappa shape index (κ2) is 8.79. The van der Waals surface area contributed by atoms with E-state index in [0.717, 1.165) is 5.56 Å². The Morgan fingerprint density at radius 1 is 1.40 bits per heavy atom. The van der Waals surface area contributed by atoms with Crippen molar-refractivity contribution in [2.45, 2.75) is 13.3 Å². The first kappa shape index (κ1) is 18.7. The van der Waals surface area contributed by atoms with Gasteiger partial charge in [0.1, 0.15) is 0 Å². The number of carboxylic acid groups (broad SMARTS) is 1. The maximum Gasteiger partial charge on any atom is 0.304 e. The van der Waals surface area contributed by atoms with Gasteiger partial charge in [-0.05, 0) is 37.7 Å². The molecular formula is C13H18Cl2N2O3. The van der Waals surface area contributed by atoms with Crippen molar-refractivity contribution in [3.8, 4) is 0 Å². The van der Waals surface area contributed by atoms with Gasteiger partial charge in [-0.25, -0.2) is 0 Å². The Morgan fingerprint density at radius 3 is 2.60 bits per heavy atom. The molecule has 0 heterocycles. The van der Waals surface area contributed by atoms with Crippen molar-refractivity contribution < 1.29 is 14.7 Å². The number of hydrogen-bond acceptors (Lipinski definition) is 3. The topological polar surface area (TPSA) is 69.6 Å². The number of rotatable bonds is 6. The van der Waals surface area contributed by atoms with E-state index in [1.165, 1.54) is 0 Å². The number of hydrogen-bond donors (Lipinski definition) is 2. The van der Waals surface area contributed by atoms with Crippen LogP contribution in [0, 0.1) is 6.92 Å². The average molecular weight is 321 g/mol. The van der Waals surface area contributed by atoms with Gasteiger partial charge < -0.3 is 10.4 Å². The molecule has 112 valence electrons. The quantitative estimate of drug-likeness (QED) is 0.844. The Labute approximate surface area is 129 Å². The summed E-state index contributed by atoms with van der Waals surface area (Å²) in [4.78, 5) is 23.9. The van der Waals surface area contributed by atoms with E-state index in [1.54, 1.807) is 30.1 Å². The number of aliphatic carboxylic acids is 1. The Bertz CT molecular complexity index is 481. The highest BCUT2D eigenvalue weighted by Crippen LogP contribution is 2.19. The summed E-state index contributed by atoms with van der Waals surface area (Å²) < 4.78 is 0. The van der Waals surface area contributed by atoms with Crippen LogP contribution in [0.3, 0.4) is 0 Å². The molecule has 0 aliphatic rings. The first-order valence-corrected chi connectivity index (χ1v) is 6.22. The minimum absolute atomic E-state index is 0. The Hall–Kier alpha value is -1.30. The van der Waals surface area contributed by atoms with Crippen molar-refractivity contribution in [1.82, 2.24) is 4.90 Å². The second-order valence-electron chi connectivity index (χ2n) is 4.39. The third-order valence-corrected chi connectivity index (χ3v) is 2.82. The van der Waals surface area contributed by atoms with Gasteiger partial charge in [0.05, 0.1) is 13.0 Å². The number of nitrogens with one attached hydrogen (secondary N) is 1. The zero-order valence-electron chi connectivity index (χ0n) is 11.4. The van der Waals surface area contributed by atoms with E-state index in [1.807, 2.05) is 6.92 Å². The van der Waals surface area contributed by atoms with E-state index >= 15 is 0 Å². The number of carbonyl (C=O) groups excluding carboxylic acids is 1. The summed E-state index contributed by atoms with van der Waals surface area (Å²) in [6, 6.07) is 5.22. The fourth-order valence-electron chi connectivity index (χ4n) is 1.57. The lowest BCUT2D eigenvalue weighted by atomic mass is 10.2. The van der Waals surface area contributed by atoms with E-state index < -0.39 is 5.97 Å². The number of likely N-dealkylation sites (N-methyl/N-ethyl adjacent to an activating group) is 1. The van der Waals surface area contributed by atoms with Crippen molar-refractivity contribution in [3.05, 3.63) is 28.8 Å². The summed E-state index contributed by atoms with van der Waals surface area (Å²) in [6.07, 6.45) is 0.0176. The molecule has 20 heavy (non-hydrogen) atoms. The van der Waals surface area contributed by atoms with Gasteiger partial charge in [0.15, 0.2) is 0 Å². The number of amides is 1. The molecule has 1 aromatic rings. The normalized spacial score (nSPS) is 10.0. The van der Waals surface area contributed by atoms with Crippen molar-refractivity contribution in [2.24, 2.45) is 0 Å². The molecule has 0 unspecified atom stereocenters. The van der Waals surface area contributed by atoms with Crippen molar-refractivity contribution in [1.29, 1.82) is 0 Å². The molecular weight excluding hydrogens is 303 g/mol. The summed E-state index contributed by atoms with van der Waals surface area (Å²) in [7, 11) is 1.71. The predicted molar refractivity (Wildman–Crippen MR) is 81.8 cm³/mol. The molecule has 0 bridgehead atoms. The van der Waals surface area contributed by atoms with Crippen molar-refractivity contribution in [2.75, 3.05) is 25.5 Å². The van der Waals surface area contributed by atoms with E-state index in [4.69, 9.17) is 16.7 Å². The van der Waals surface area contributed by atoms with Crippen LogP contribution in [-0.4, -0.2) is 42.0 Å². The van der Waals surface area contributed by atoms with Crippen LogP contribution in [0.15, 0.2) is 18.2 Å². The lowest BCUT2D eigenvalue weighted by Crippen LogP contribution is -2.31. The molecule has 5 nitrogen and oxygen atoms in total. The number of carboxylic acids is 1. The Balaban J connectivity index is 0.00000361. The van der Waals surface area contributed by atoms with Crippen LogP contribution < -0.4 is 5.32 Å². The van der Waals surface area contributed by atoms with Gasteiger partial charge in [0.2, 0.25) is 5.91 Å². The van der Waals surface area contributed by atoms with Gasteiger partial charge in [-0.2, -0.15) is 0 Å². The fraction of sp³-hybridized carbons (Fsp3) is 0.385. The smallest absolute Gasteiger partial charge is 0.304 e. The fourth-order valence-corrected chi connectivity index (χ4v) is 1.79. The van der Waals surface area contributed by atoms with Crippen LogP contribution in [0.25, 0.3) is 0 Å². The van der Waals surface area contributed by atoms with Gasteiger partial charge in [-0.15, -0.1) is 12.4 Å². The van der Waals surface area contributed by atoms with Gasteiger partial charge in [-0.3, -0.25) is 14.5 Å². The first-order chi connectivity index (χ1) is 8.88. The molecule has 7 heteroatoms. The maximum atomic E-state index is 11.8. The van der Waals surface area contributed by atoms with Crippen LogP contribution in [0.1, 0.15) is 12.0 Å². The lowest BCUT2D eigenvalue weighted by Gasteiger charge is -2.15. The minimum atomic E-state index is -0.874. The van der Waals surface area contributed by atoms with Gasteiger partial charge in [-0.1, -0.05) is 11.6 Å². The highest BCUT2D eigenvalue weighted by atomic mass is 35.5. The summed E-state index contributed by atoms with van der Waals surface area (Å²) in [6.45, 7) is 2.34. The standard InChI is InChI=1S/C13H17ClN2O3.ClH/c1-9-7-10(14)3-4-11(9)15-12(17)8-16(2)6-5-13(18)19;/h3-4,7H,5-6,8H2,1-2H3,(H,15,17)(H,18,19);1H. The van der Waals surface area contributed by atoms with Crippen molar-refractivity contribution in [3.63, 3.8) is 0 Å². The number of halogens is 2. The Kier molecular flexibility index (Phi) is 8.22. The molecule has 0 aromatic heterocycles. The lowest BCUT2D eigenvalue weighted by molar-refractivity contribution is -0.137. The molecule has 0 aliphatic heterocycles. The summed E-state index contributed by atoms with van der Waals surface area (Å²) in [5, 5.41) is 11.9. The number of carbonyl (C=O) groups is 2. The van der Waals surface area contributed by atoms with Crippen LogP contribution in [0.2, 0.25) is 5.02 Å². The predicted octanol–water partition coefficient (Wildman–Crippen LogP) is 2.42. The van der Waals surface area contributed by atoms with E-state index in [0.29, 0.717) is 17.3 Å². The zero-order chi connectivity index (χ0) is 14.4. The molecule has 0 saturated heterocycles. The van der Waals surface area contributed by atoms with E-state index in [9.17, 15) is 9.59 Å². The third kappa shape index (κ3) is 6.75. The van der Waals surface area contributed by atoms with Gasteiger partial charge >= 0.3 is 5.97 Å². The Morgan fingerprint density at radius 2 is 2.05 bits per heavy atom. The highest BCUT2D eigenvalue weighted by Gasteiger charge is 2.09. The molecule has 0 aliphatic carbocycles. The SMILES string of the molecule is Cc1cc(Cl)ccc1NC(=O)CN(C)CCC(=O)O.Cl. The van der Waals surface area contributed by atoms with Crippen LogP contribution in [0.4, 0.5) is 5.69 Å². The third-order valence-electron chi connectivity index (χ3n) is 2.58. The monoisotopic (exact) mass is 320 g/mol. The number of anilines is 1. The molecule has 2 N–H and O–H groups in total. The zero-order valence-corrected chi connectivity index (χ0v) is 12.9. The number of nitrogens with zero attached hydrogens (tertiary/aromatic N) is 1. The van der Waals surface area contributed by atoms with Crippen LogP contribution >= 0.6 is 24.0 Å². The summed E-state index contributed by atoms with van der Waals surface area (Å²) in [5.74, 6) is -1.06. The average Bonchev–Trinajstić information content (AvgIpc) is 2.30. The van der Waals surface area contributed by atoms with E-state index in [2.05, 4.69) is 5.32 Å². The second-order valence-corrected chi connectivity index (χ2v) is 4.83. The molecule has 1 aromatic carbocycles. The molecule has 0 radical (unpaired) electrons.